The number of anilines is 1. The lowest BCUT2D eigenvalue weighted by atomic mass is 10.2. The normalized spacial score (nSPS) is 10.7. The van der Waals surface area contributed by atoms with Crippen molar-refractivity contribution in [1.82, 2.24) is 9.88 Å². The number of aromatic nitrogens is 1. The Morgan fingerprint density at radius 3 is 2.52 bits per heavy atom. The monoisotopic (exact) mass is 457 g/mol. The van der Waals surface area contributed by atoms with E-state index in [-0.39, 0.29) is 30.9 Å². The molecule has 0 fully saturated rings. The molecule has 1 heterocycles. The molecule has 0 aliphatic rings. The molecular formula is C23H24ClN3O3S. The number of nitrogens with zero attached hydrogens (tertiary/aromatic N) is 2. The molecule has 2 aromatic carbocycles. The van der Waals surface area contributed by atoms with Crippen LogP contribution >= 0.6 is 22.9 Å². The van der Waals surface area contributed by atoms with Gasteiger partial charge in [-0.05, 0) is 30.2 Å². The lowest BCUT2D eigenvalue weighted by Crippen LogP contribution is -2.42. The van der Waals surface area contributed by atoms with E-state index in [0.29, 0.717) is 22.4 Å². The van der Waals surface area contributed by atoms with Crippen LogP contribution in [-0.2, 0) is 9.59 Å². The number of hydrogen-bond acceptors (Lipinski definition) is 5. The quantitative estimate of drug-likeness (QED) is 0.492. The van der Waals surface area contributed by atoms with Gasteiger partial charge in [0.1, 0.15) is 12.3 Å². The van der Waals surface area contributed by atoms with Gasteiger partial charge in [0.25, 0.3) is 5.91 Å². The molecule has 6 nitrogen and oxygen atoms in total. The highest BCUT2D eigenvalue weighted by Crippen LogP contribution is 2.24. The number of carbonyl (C=O) groups is 2. The van der Waals surface area contributed by atoms with E-state index in [0.717, 1.165) is 11.3 Å². The second-order valence-electron chi connectivity index (χ2n) is 7.36. The molecule has 0 aliphatic heterocycles. The predicted octanol–water partition coefficient (Wildman–Crippen LogP) is 4.97. The number of rotatable bonds is 9. The number of hydrogen-bond donors (Lipinski definition) is 1. The lowest BCUT2D eigenvalue weighted by Gasteiger charge is -2.24. The van der Waals surface area contributed by atoms with Crippen LogP contribution < -0.4 is 10.1 Å². The van der Waals surface area contributed by atoms with E-state index in [1.165, 1.54) is 16.2 Å². The van der Waals surface area contributed by atoms with Gasteiger partial charge in [0.15, 0.2) is 11.7 Å². The number of thiazole rings is 1. The van der Waals surface area contributed by atoms with Gasteiger partial charge in [-0.15, -0.1) is 11.3 Å². The molecule has 0 saturated heterocycles. The van der Waals surface area contributed by atoms with Crippen LogP contribution in [0.5, 0.6) is 5.75 Å². The van der Waals surface area contributed by atoms with Gasteiger partial charge >= 0.3 is 0 Å². The van der Waals surface area contributed by atoms with Crippen molar-refractivity contribution >= 4 is 39.9 Å². The Bertz CT molecular complexity index is 1010. The fraction of sp³-hybridized carbons (Fsp3) is 0.261. The van der Waals surface area contributed by atoms with Crippen molar-refractivity contribution in [3.8, 4) is 17.0 Å². The first kappa shape index (κ1) is 22.8. The third kappa shape index (κ3) is 7.08. The average Bonchev–Trinajstić information content (AvgIpc) is 3.21. The van der Waals surface area contributed by atoms with Crippen molar-refractivity contribution in [2.45, 2.75) is 13.8 Å². The van der Waals surface area contributed by atoms with Gasteiger partial charge in [0.2, 0.25) is 5.91 Å². The third-order valence-electron chi connectivity index (χ3n) is 4.27. The Hall–Kier alpha value is -2.90. The Morgan fingerprint density at radius 1 is 1.13 bits per heavy atom. The molecule has 0 saturated carbocycles. The first-order valence-corrected chi connectivity index (χ1v) is 11.1. The number of amides is 2. The molecule has 0 aliphatic carbocycles. The molecule has 0 bridgehead atoms. The van der Waals surface area contributed by atoms with Crippen LogP contribution in [0.2, 0.25) is 5.02 Å². The van der Waals surface area contributed by atoms with E-state index in [1.807, 2.05) is 49.6 Å². The minimum Gasteiger partial charge on any atom is -0.484 e. The maximum absolute atomic E-state index is 12.7. The highest BCUT2D eigenvalue weighted by atomic mass is 35.5. The van der Waals surface area contributed by atoms with Crippen LogP contribution in [0.15, 0.2) is 60.0 Å². The van der Waals surface area contributed by atoms with E-state index in [9.17, 15) is 9.59 Å². The summed E-state index contributed by atoms with van der Waals surface area (Å²) in [5.41, 5.74) is 1.78. The van der Waals surface area contributed by atoms with Crippen LogP contribution in [0.25, 0.3) is 11.3 Å². The molecule has 2 amide bonds. The van der Waals surface area contributed by atoms with Crippen LogP contribution in [-0.4, -0.2) is 41.4 Å². The molecule has 1 N–H and O–H groups in total. The summed E-state index contributed by atoms with van der Waals surface area (Å²) in [4.78, 5) is 31.2. The Balaban J connectivity index is 1.58. The van der Waals surface area contributed by atoms with E-state index in [1.54, 1.807) is 24.3 Å². The highest BCUT2D eigenvalue weighted by Gasteiger charge is 2.20. The molecule has 3 rings (SSSR count). The summed E-state index contributed by atoms with van der Waals surface area (Å²) in [5.74, 6) is 0.192. The Kier molecular flexibility index (Phi) is 8.03. The van der Waals surface area contributed by atoms with Gasteiger partial charge in [-0.2, -0.15) is 0 Å². The summed E-state index contributed by atoms with van der Waals surface area (Å²) in [5, 5.41) is 5.77. The second kappa shape index (κ2) is 10.9. The number of nitrogens with one attached hydrogen (secondary N) is 1. The predicted molar refractivity (Wildman–Crippen MR) is 125 cm³/mol. The molecule has 0 spiro atoms. The summed E-state index contributed by atoms with van der Waals surface area (Å²) in [7, 11) is 0. The van der Waals surface area contributed by atoms with Crippen molar-refractivity contribution < 1.29 is 14.3 Å². The van der Waals surface area contributed by atoms with Crippen molar-refractivity contribution in [1.29, 1.82) is 0 Å². The average molecular weight is 458 g/mol. The van der Waals surface area contributed by atoms with Crippen molar-refractivity contribution in [2.75, 3.05) is 25.0 Å². The second-order valence-corrected chi connectivity index (χ2v) is 8.66. The molecule has 0 unspecified atom stereocenters. The summed E-state index contributed by atoms with van der Waals surface area (Å²) < 4.78 is 5.55. The summed E-state index contributed by atoms with van der Waals surface area (Å²) in [6.45, 7) is 4.21. The van der Waals surface area contributed by atoms with Crippen molar-refractivity contribution in [3.05, 3.63) is 65.0 Å². The van der Waals surface area contributed by atoms with E-state index >= 15 is 0 Å². The number of benzene rings is 2. The fourth-order valence-corrected chi connectivity index (χ4v) is 3.73. The Morgan fingerprint density at radius 2 is 1.84 bits per heavy atom. The molecule has 0 radical (unpaired) electrons. The van der Waals surface area contributed by atoms with Crippen molar-refractivity contribution in [3.63, 3.8) is 0 Å². The largest absolute Gasteiger partial charge is 0.484 e. The maximum atomic E-state index is 12.7. The molecule has 162 valence electrons. The molecule has 3 aromatic rings. The minimum atomic E-state index is -0.297. The van der Waals surface area contributed by atoms with Gasteiger partial charge < -0.3 is 15.0 Å². The summed E-state index contributed by atoms with van der Waals surface area (Å²) in [6, 6.07) is 16.5. The zero-order valence-electron chi connectivity index (χ0n) is 17.4. The molecule has 1 aromatic heterocycles. The minimum absolute atomic E-state index is 0.0682. The van der Waals surface area contributed by atoms with Crippen LogP contribution in [0.3, 0.4) is 0 Å². The van der Waals surface area contributed by atoms with Crippen LogP contribution in [0, 0.1) is 5.92 Å². The third-order valence-corrected chi connectivity index (χ3v) is 5.28. The van der Waals surface area contributed by atoms with E-state index in [4.69, 9.17) is 16.3 Å². The van der Waals surface area contributed by atoms with E-state index in [2.05, 4.69) is 10.3 Å². The molecule has 8 heteroatoms. The van der Waals surface area contributed by atoms with Gasteiger partial charge in [0, 0.05) is 22.5 Å². The summed E-state index contributed by atoms with van der Waals surface area (Å²) in [6.07, 6.45) is 0. The fourth-order valence-electron chi connectivity index (χ4n) is 2.87. The summed E-state index contributed by atoms with van der Waals surface area (Å²) >= 11 is 7.21. The first-order valence-electron chi connectivity index (χ1n) is 9.87. The number of halogens is 1. The van der Waals surface area contributed by atoms with Crippen LogP contribution in [0.4, 0.5) is 5.13 Å². The van der Waals surface area contributed by atoms with Gasteiger partial charge in [-0.25, -0.2) is 4.98 Å². The zero-order chi connectivity index (χ0) is 22.2. The smallest absolute Gasteiger partial charge is 0.260 e. The SMILES string of the molecule is CC(C)CN(CC(=O)Nc1nc(-c2ccccc2)cs1)C(=O)COc1ccc(Cl)cc1. The van der Waals surface area contributed by atoms with Gasteiger partial charge in [-0.1, -0.05) is 55.8 Å². The first-order chi connectivity index (χ1) is 14.9. The van der Waals surface area contributed by atoms with Crippen molar-refractivity contribution in [2.24, 2.45) is 5.92 Å². The highest BCUT2D eigenvalue weighted by molar-refractivity contribution is 7.14. The number of carbonyl (C=O) groups excluding carboxylic acids is 2. The van der Waals surface area contributed by atoms with Gasteiger partial charge in [-0.3, -0.25) is 9.59 Å². The topological polar surface area (TPSA) is 71.5 Å². The van der Waals surface area contributed by atoms with Crippen LogP contribution in [0.1, 0.15) is 13.8 Å². The lowest BCUT2D eigenvalue weighted by molar-refractivity contribution is -0.137. The molecular weight excluding hydrogens is 434 g/mol. The number of ether oxygens (including phenoxy) is 1. The maximum Gasteiger partial charge on any atom is 0.260 e. The Labute approximate surface area is 190 Å². The van der Waals surface area contributed by atoms with Gasteiger partial charge in [0.05, 0.1) is 5.69 Å². The zero-order valence-corrected chi connectivity index (χ0v) is 18.9. The molecule has 31 heavy (non-hydrogen) atoms. The van der Waals surface area contributed by atoms with E-state index < -0.39 is 0 Å². The molecule has 0 atom stereocenters. The standard InChI is InChI=1S/C23H24ClN3O3S/c1-16(2)12-27(22(29)14-30-19-10-8-18(24)9-11-19)13-21(28)26-23-25-20(15-31-23)17-6-4-3-5-7-17/h3-11,15-16H,12-14H2,1-2H3,(H,25,26,28).